The van der Waals surface area contributed by atoms with Crippen LogP contribution in [0.15, 0.2) is 67.3 Å². The van der Waals surface area contributed by atoms with Gasteiger partial charge in [-0.3, -0.25) is 14.8 Å². The molecule has 40 heavy (non-hydrogen) atoms. The minimum atomic E-state index is -4.63. The second kappa shape index (κ2) is 11.4. The predicted molar refractivity (Wildman–Crippen MR) is 146 cm³/mol. The van der Waals surface area contributed by atoms with E-state index in [0.717, 1.165) is 31.0 Å². The SMILES string of the molecule is Cc1ncc(C(=O)Nc2ccc(C3CCCN(C)C3)cc2C(F)(F)F)cc1Nc1nccc(-c2cccnc2)n1. The van der Waals surface area contributed by atoms with Crippen molar-refractivity contribution in [3.05, 3.63) is 89.6 Å². The number of anilines is 3. The number of nitrogens with zero attached hydrogens (tertiary/aromatic N) is 5. The van der Waals surface area contributed by atoms with E-state index in [1.54, 1.807) is 43.7 Å². The van der Waals surface area contributed by atoms with Crippen molar-refractivity contribution in [3.8, 4) is 11.3 Å². The number of likely N-dealkylation sites (tertiary alicyclic amines) is 1. The molecule has 1 aliphatic rings. The largest absolute Gasteiger partial charge is 0.418 e. The number of nitrogens with one attached hydrogen (secondary N) is 2. The maximum atomic E-state index is 14.0. The van der Waals surface area contributed by atoms with Crippen LogP contribution in [0.3, 0.4) is 0 Å². The van der Waals surface area contributed by atoms with Crippen molar-refractivity contribution in [1.29, 1.82) is 0 Å². The quantitative estimate of drug-likeness (QED) is 0.303. The Hall–Kier alpha value is -4.38. The minimum absolute atomic E-state index is 0.0124. The summed E-state index contributed by atoms with van der Waals surface area (Å²) in [7, 11) is 1.97. The lowest BCUT2D eigenvalue weighted by atomic mass is 9.89. The van der Waals surface area contributed by atoms with Gasteiger partial charge in [0.1, 0.15) is 0 Å². The van der Waals surface area contributed by atoms with Crippen LogP contribution in [0.5, 0.6) is 0 Å². The first-order valence-corrected chi connectivity index (χ1v) is 12.9. The monoisotopic (exact) mass is 547 g/mol. The number of hydrogen-bond acceptors (Lipinski definition) is 7. The molecule has 0 spiro atoms. The number of aryl methyl sites for hydroxylation is 1. The second-order valence-electron chi connectivity index (χ2n) is 9.85. The fourth-order valence-corrected chi connectivity index (χ4v) is 4.79. The number of pyridine rings is 2. The molecule has 1 unspecified atom stereocenters. The first-order valence-electron chi connectivity index (χ1n) is 12.9. The molecule has 1 saturated heterocycles. The van der Waals surface area contributed by atoms with Gasteiger partial charge in [-0.1, -0.05) is 6.07 Å². The highest BCUT2D eigenvalue weighted by atomic mass is 19.4. The number of rotatable bonds is 6. The molecule has 1 fully saturated rings. The molecular weight excluding hydrogens is 519 g/mol. The first-order chi connectivity index (χ1) is 19.2. The third kappa shape index (κ3) is 6.26. The minimum Gasteiger partial charge on any atom is -0.323 e. The smallest absolute Gasteiger partial charge is 0.323 e. The van der Waals surface area contributed by atoms with Gasteiger partial charge >= 0.3 is 6.18 Å². The summed E-state index contributed by atoms with van der Waals surface area (Å²) < 4.78 is 42.1. The molecule has 2 N–H and O–H groups in total. The molecule has 4 heterocycles. The number of likely N-dealkylation sites (N-methyl/N-ethyl adjacent to an activating group) is 1. The van der Waals surface area contributed by atoms with Gasteiger partial charge in [0.05, 0.1) is 33.9 Å². The molecule has 0 saturated carbocycles. The Morgan fingerprint density at radius 3 is 2.65 bits per heavy atom. The van der Waals surface area contributed by atoms with Crippen LogP contribution in [0.4, 0.5) is 30.5 Å². The van der Waals surface area contributed by atoms with Crippen molar-refractivity contribution in [3.63, 3.8) is 0 Å². The maximum Gasteiger partial charge on any atom is 0.418 e. The summed E-state index contributed by atoms with van der Waals surface area (Å²) in [4.78, 5) is 32.3. The molecule has 0 bridgehead atoms. The fraction of sp³-hybridized carbons (Fsp3) is 0.276. The number of amides is 1. The number of alkyl halides is 3. The van der Waals surface area contributed by atoms with Gasteiger partial charge in [-0.25, -0.2) is 9.97 Å². The molecule has 0 radical (unpaired) electrons. The van der Waals surface area contributed by atoms with Gasteiger partial charge in [-0.15, -0.1) is 0 Å². The Balaban J connectivity index is 1.37. The number of halogens is 3. The van der Waals surface area contributed by atoms with Gasteiger partial charge in [0.25, 0.3) is 5.91 Å². The van der Waals surface area contributed by atoms with Gasteiger partial charge in [0.15, 0.2) is 0 Å². The summed E-state index contributed by atoms with van der Waals surface area (Å²) in [5.41, 5.74) is 2.00. The van der Waals surface area contributed by atoms with Crippen molar-refractivity contribution >= 4 is 23.2 Å². The lowest BCUT2D eigenvalue weighted by Crippen LogP contribution is -2.31. The van der Waals surface area contributed by atoms with Crippen LogP contribution in [0.1, 0.15) is 45.9 Å². The zero-order valence-electron chi connectivity index (χ0n) is 22.0. The second-order valence-corrected chi connectivity index (χ2v) is 9.85. The summed E-state index contributed by atoms with van der Waals surface area (Å²) in [5.74, 6) is -0.429. The lowest BCUT2D eigenvalue weighted by molar-refractivity contribution is -0.137. The molecule has 4 aromatic rings. The average Bonchev–Trinajstić information content (AvgIpc) is 2.94. The lowest BCUT2D eigenvalue weighted by Gasteiger charge is -2.30. The molecule has 8 nitrogen and oxygen atoms in total. The summed E-state index contributed by atoms with van der Waals surface area (Å²) in [6.45, 7) is 3.36. The van der Waals surface area contributed by atoms with Gasteiger partial charge in [-0.2, -0.15) is 13.2 Å². The standard InChI is InChI=1S/C29H28F3N7O/c1-18-26(38-28-34-11-9-24(37-28)20-5-3-10-33-15-20)14-22(16-35-18)27(40)36-25-8-7-19(13-23(25)29(30,31)32)21-6-4-12-39(2)17-21/h3,5,7-11,13-16,21H,4,6,12,17H2,1-2H3,(H,36,40)(H,34,37,38). The van der Waals surface area contributed by atoms with E-state index in [1.165, 1.54) is 18.3 Å². The van der Waals surface area contributed by atoms with Crippen molar-refractivity contribution < 1.29 is 18.0 Å². The van der Waals surface area contributed by atoms with Gasteiger partial charge in [-0.05, 0) is 81.2 Å². The van der Waals surface area contributed by atoms with Gasteiger partial charge < -0.3 is 15.5 Å². The number of benzene rings is 1. The van der Waals surface area contributed by atoms with E-state index in [4.69, 9.17) is 0 Å². The molecule has 3 aromatic heterocycles. The van der Waals surface area contributed by atoms with E-state index in [-0.39, 0.29) is 23.1 Å². The van der Waals surface area contributed by atoms with Crippen LogP contribution < -0.4 is 10.6 Å². The topological polar surface area (TPSA) is 95.9 Å². The normalized spacial score (nSPS) is 16.0. The highest BCUT2D eigenvalue weighted by molar-refractivity contribution is 6.05. The Morgan fingerprint density at radius 2 is 1.90 bits per heavy atom. The maximum absolute atomic E-state index is 14.0. The summed E-state index contributed by atoms with van der Waals surface area (Å²) in [5, 5.41) is 5.49. The van der Waals surface area contributed by atoms with Gasteiger partial charge in [0, 0.05) is 36.9 Å². The Bertz CT molecular complexity index is 1510. The summed E-state index contributed by atoms with van der Waals surface area (Å²) >= 11 is 0. The van der Waals surface area contributed by atoms with Crippen LogP contribution >= 0.6 is 0 Å². The zero-order valence-corrected chi connectivity index (χ0v) is 22.0. The molecule has 1 atom stereocenters. The number of aromatic nitrogens is 4. The third-order valence-electron chi connectivity index (χ3n) is 6.90. The van der Waals surface area contributed by atoms with Crippen LogP contribution in [0, 0.1) is 6.92 Å². The van der Waals surface area contributed by atoms with E-state index < -0.39 is 17.6 Å². The van der Waals surface area contributed by atoms with Crippen LogP contribution in [0.25, 0.3) is 11.3 Å². The fourth-order valence-electron chi connectivity index (χ4n) is 4.79. The van der Waals surface area contributed by atoms with Crippen molar-refractivity contribution in [1.82, 2.24) is 24.8 Å². The molecule has 11 heteroatoms. The Labute approximate surface area is 229 Å². The van der Waals surface area contributed by atoms with E-state index >= 15 is 0 Å². The first kappa shape index (κ1) is 27.2. The summed E-state index contributed by atoms with van der Waals surface area (Å²) in [6, 6.07) is 11.1. The Morgan fingerprint density at radius 1 is 1.05 bits per heavy atom. The predicted octanol–water partition coefficient (Wildman–Crippen LogP) is 6.07. The number of hydrogen-bond donors (Lipinski definition) is 2. The third-order valence-corrected chi connectivity index (χ3v) is 6.90. The van der Waals surface area contributed by atoms with E-state index in [0.29, 0.717) is 29.2 Å². The van der Waals surface area contributed by atoms with Crippen LogP contribution in [0.2, 0.25) is 0 Å². The molecule has 0 aliphatic carbocycles. The van der Waals surface area contributed by atoms with Crippen molar-refractivity contribution in [2.45, 2.75) is 31.9 Å². The Kier molecular flexibility index (Phi) is 7.74. The highest BCUT2D eigenvalue weighted by Gasteiger charge is 2.35. The van der Waals surface area contributed by atoms with Crippen molar-refractivity contribution in [2.24, 2.45) is 0 Å². The number of carbonyl (C=O) groups excluding carboxylic acids is 1. The average molecular weight is 548 g/mol. The van der Waals surface area contributed by atoms with E-state index in [1.807, 2.05) is 13.1 Å². The zero-order chi connectivity index (χ0) is 28.3. The molecule has 1 amide bonds. The highest BCUT2D eigenvalue weighted by Crippen LogP contribution is 2.38. The summed E-state index contributed by atoms with van der Waals surface area (Å²) in [6.07, 6.45) is 3.38. The van der Waals surface area contributed by atoms with E-state index in [9.17, 15) is 18.0 Å². The molecule has 1 aliphatic heterocycles. The number of carbonyl (C=O) groups is 1. The molecule has 1 aromatic carbocycles. The molecule has 206 valence electrons. The van der Waals surface area contributed by atoms with Crippen LogP contribution in [-0.2, 0) is 6.18 Å². The molecule has 5 rings (SSSR count). The van der Waals surface area contributed by atoms with E-state index in [2.05, 4.69) is 35.5 Å². The number of piperidine rings is 1. The van der Waals surface area contributed by atoms with Crippen LogP contribution in [-0.4, -0.2) is 50.9 Å². The van der Waals surface area contributed by atoms with Crippen molar-refractivity contribution in [2.75, 3.05) is 30.8 Å². The molecular formula is C29H28F3N7O. The van der Waals surface area contributed by atoms with Gasteiger partial charge in [0.2, 0.25) is 5.95 Å².